The number of hydrogen-bond acceptors (Lipinski definition) is 6. The third-order valence-electron chi connectivity index (χ3n) is 3.36. The molecule has 0 radical (unpaired) electrons. The van der Waals surface area contributed by atoms with Crippen LogP contribution in [0.4, 0.5) is 14.5 Å². The molecule has 2 rings (SSSR count). The fourth-order valence-corrected chi connectivity index (χ4v) is 2.67. The minimum atomic E-state index is -2.63. The number of amides is 1. The summed E-state index contributed by atoms with van der Waals surface area (Å²) in [7, 11) is 0. The number of ketones is 1. The highest BCUT2D eigenvalue weighted by Gasteiger charge is 2.13. The van der Waals surface area contributed by atoms with Crippen LogP contribution in [-0.2, 0) is 14.3 Å². The van der Waals surface area contributed by atoms with Gasteiger partial charge in [-0.25, -0.2) is 4.79 Å². The predicted molar refractivity (Wildman–Crippen MR) is 99.8 cm³/mol. The van der Waals surface area contributed by atoms with Gasteiger partial charge in [-0.15, -0.1) is 0 Å². The van der Waals surface area contributed by atoms with Crippen molar-refractivity contribution in [3.8, 4) is 5.75 Å². The van der Waals surface area contributed by atoms with E-state index in [0.29, 0.717) is 23.1 Å². The van der Waals surface area contributed by atoms with E-state index in [4.69, 9.17) is 9.47 Å². The van der Waals surface area contributed by atoms with E-state index in [1.54, 1.807) is 24.3 Å². The summed E-state index contributed by atoms with van der Waals surface area (Å²) < 4.78 is 35.1. The van der Waals surface area contributed by atoms with Gasteiger partial charge in [0.2, 0.25) is 0 Å². The second-order valence-electron chi connectivity index (χ2n) is 5.45. The third kappa shape index (κ3) is 6.99. The SMILES string of the molecule is CC(=O)c1ccc(OCC(=O)OCC(=O)Nc2ccccc2SC(F)F)cc1. The third-order valence-corrected chi connectivity index (χ3v) is 4.15. The van der Waals surface area contributed by atoms with Gasteiger partial charge in [-0.1, -0.05) is 23.9 Å². The van der Waals surface area contributed by atoms with Gasteiger partial charge in [0.1, 0.15) is 5.75 Å². The molecule has 0 bridgehead atoms. The molecule has 1 N–H and O–H groups in total. The van der Waals surface area contributed by atoms with Crippen molar-refractivity contribution in [3.63, 3.8) is 0 Å². The smallest absolute Gasteiger partial charge is 0.344 e. The standard InChI is InChI=1S/C19H17F2NO5S/c1-12(23)13-6-8-14(9-7-13)26-11-18(25)27-10-17(24)22-15-4-2-3-5-16(15)28-19(20)21/h2-9,19H,10-11H2,1H3,(H,22,24). The van der Waals surface area contributed by atoms with Gasteiger partial charge in [0.25, 0.3) is 11.7 Å². The van der Waals surface area contributed by atoms with Crippen molar-refractivity contribution < 1.29 is 32.6 Å². The molecule has 28 heavy (non-hydrogen) atoms. The maximum Gasteiger partial charge on any atom is 0.344 e. The molecule has 2 aromatic rings. The number of hydrogen-bond donors (Lipinski definition) is 1. The van der Waals surface area contributed by atoms with Crippen LogP contribution in [0.2, 0.25) is 0 Å². The Morgan fingerprint density at radius 2 is 1.71 bits per heavy atom. The molecule has 0 aliphatic rings. The summed E-state index contributed by atoms with van der Waals surface area (Å²) in [5.74, 6) is -3.80. The lowest BCUT2D eigenvalue weighted by Gasteiger charge is -2.11. The summed E-state index contributed by atoms with van der Waals surface area (Å²) in [6, 6.07) is 12.3. The Labute approximate surface area is 164 Å². The summed E-state index contributed by atoms with van der Waals surface area (Å²) in [6.07, 6.45) is 0. The lowest BCUT2D eigenvalue weighted by molar-refractivity contribution is -0.149. The average Bonchev–Trinajstić information content (AvgIpc) is 2.66. The van der Waals surface area contributed by atoms with Crippen LogP contribution in [0.1, 0.15) is 17.3 Å². The van der Waals surface area contributed by atoms with E-state index in [9.17, 15) is 23.2 Å². The first-order chi connectivity index (χ1) is 13.3. The maximum absolute atomic E-state index is 12.5. The first-order valence-electron chi connectivity index (χ1n) is 8.08. The number of carbonyl (C=O) groups excluding carboxylic acids is 3. The van der Waals surface area contributed by atoms with Crippen molar-refractivity contribution in [3.05, 3.63) is 54.1 Å². The highest BCUT2D eigenvalue weighted by atomic mass is 32.2. The number of halogens is 2. The molecule has 0 atom stereocenters. The van der Waals surface area contributed by atoms with Gasteiger partial charge in [0.15, 0.2) is 19.0 Å². The molecule has 0 saturated heterocycles. The van der Waals surface area contributed by atoms with Crippen LogP contribution < -0.4 is 10.1 Å². The Bertz CT molecular complexity index is 842. The van der Waals surface area contributed by atoms with Crippen molar-refractivity contribution >= 4 is 35.1 Å². The van der Waals surface area contributed by atoms with E-state index in [2.05, 4.69) is 5.32 Å². The number of esters is 1. The maximum atomic E-state index is 12.5. The number of alkyl halides is 2. The Morgan fingerprint density at radius 3 is 2.36 bits per heavy atom. The number of Topliss-reactive ketones (excluding diaryl/α,β-unsaturated/α-hetero) is 1. The van der Waals surface area contributed by atoms with Crippen LogP contribution in [0.3, 0.4) is 0 Å². The number of carbonyl (C=O) groups is 3. The fraction of sp³-hybridized carbons (Fsp3) is 0.211. The van der Waals surface area contributed by atoms with Crippen molar-refractivity contribution in [1.29, 1.82) is 0 Å². The van der Waals surface area contributed by atoms with E-state index in [1.807, 2.05) is 0 Å². The lowest BCUT2D eigenvalue weighted by atomic mass is 10.1. The van der Waals surface area contributed by atoms with Gasteiger partial charge < -0.3 is 14.8 Å². The zero-order valence-electron chi connectivity index (χ0n) is 14.8. The summed E-state index contributed by atoms with van der Waals surface area (Å²) in [5, 5.41) is 2.42. The highest BCUT2D eigenvalue weighted by Crippen LogP contribution is 2.31. The molecular weight excluding hydrogens is 392 g/mol. The fourth-order valence-electron chi connectivity index (χ4n) is 2.07. The molecule has 0 heterocycles. The second kappa shape index (κ2) is 10.4. The quantitative estimate of drug-likeness (QED) is 0.386. The zero-order valence-corrected chi connectivity index (χ0v) is 15.6. The molecule has 0 saturated carbocycles. The van der Waals surface area contributed by atoms with E-state index >= 15 is 0 Å². The van der Waals surface area contributed by atoms with Crippen molar-refractivity contribution in [2.75, 3.05) is 18.5 Å². The summed E-state index contributed by atoms with van der Waals surface area (Å²) in [5.41, 5.74) is 0.715. The molecule has 0 unspecified atom stereocenters. The average molecular weight is 409 g/mol. The number of rotatable bonds is 9. The first-order valence-corrected chi connectivity index (χ1v) is 8.96. The number of anilines is 1. The van der Waals surface area contributed by atoms with Crippen LogP contribution in [0.5, 0.6) is 5.75 Å². The molecule has 0 aliphatic carbocycles. The number of thioether (sulfide) groups is 1. The molecule has 2 aromatic carbocycles. The molecule has 0 aliphatic heterocycles. The number of para-hydroxylation sites is 1. The van der Waals surface area contributed by atoms with Gasteiger partial charge in [-0.3, -0.25) is 9.59 Å². The van der Waals surface area contributed by atoms with E-state index in [-0.39, 0.29) is 16.4 Å². The van der Waals surface area contributed by atoms with Crippen molar-refractivity contribution in [2.24, 2.45) is 0 Å². The van der Waals surface area contributed by atoms with Gasteiger partial charge in [-0.05, 0) is 43.3 Å². The number of benzene rings is 2. The Kier molecular flexibility index (Phi) is 7.94. The molecule has 0 spiro atoms. The van der Waals surface area contributed by atoms with Gasteiger partial charge in [0.05, 0.1) is 5.69 Å². The number of nitrogens with one attached hydrogen (secondary N) is 1. The minimum absolute atomic E-state index is 0.0921. The largest absolute Gasteiger partial charge is 0.482 e. The Balaban J connectivity index is 1.78. The normalized spacial score (nSPS) is 10.4. The summed E-state index contributed by atoms with van der Waals surface area (Å²) in [4.78, 5) is 34.9. The van der Waals surface area contributed by atoms with Crippen LogP contribution in [0.25, 0.3) is 0 Å². The number of ether oxygens (including phenoxy) is 2. The van der Waals surface area contributed by atoms with Gasteiger partial charge in [-0.2, -0.15) is 8.78 Å². The molecule has 0 fully saturated rings. The highest BCUT2D eigenvalue weighted by molar-refractivity contribution is 7.99. The van der Waals surface area contributed by atoms with E-state index in [0.717, 1.165) is 0 Å². The molecular formula is C19H17F2NO5S. The van der Waals surface area contributed by atoms with Crippen LogP contribution in [-0.4, -0.2) is 36.6 Å². The zero-order chi connectivity index (χ0) is 20.5. The molecule has 6 nitrogen and oxygen atoms in total. The molecule has 9 heteroatoms. The minimum Gasteiger partial charge on any atom is -0.482 e. The Morgan fingerprint density at radius 1 is 1.04 bits per heavy atom. The van der Waals surface area contributed by atoms with E-state index in [1.165, 1.54) is 31.2 Å². The van der Waals surface area contributed by atoms with Crippen molar-refractivity contribution in [2.45, 2.75) is 17.6 Å². The Hall–Kier alpha value is -2.94. The molecule has 1 amide bonds. The predicted octanol–water partition coefficient (Wildman–Crippen LogP) is 3.76. The van der Waals surface area contributed by atoms with Crippen molar-refractivity contribution in [1.82, 2.24) is 0 Å². The second-order valence-corrected chi connectivity index (χ2v) is 6.48. The van der Waals surface area contributed by atoms with E-state index < -0.39 is 30.8 Å². The molecule has 148 valence electrons. The summed E-state index contributed by atoms with van der Waals surface area (Å²) in [6.45, 7) is 0.423. The molecule has 0 aromatic heterocycles. The lowest BCUT2D eigenvalue weighted by Crippen LogP contribution is -2.23. The van der Waals surface area contributed by atoms with Crippen LogP contribution >= 0.6 is 11.8 Å². The monoisotopic (exact) mass is 409 g/mol. The van der Waals surface area contributed by atoms with Gasteiger partial charge in [0, 0.05) is 10.5 Å². The first kappa shape index (κ1) is 21.4. The topological polar surface area (TPSA) is 81.7 Å². The van der Waals surface area contributed by atoms with Crippen LogP contribution in [0.15, 0.2) is 53.4 Å². The van der Waals surface area contributed by atoms with Crippen LogP contribution in [0, 0.1) is 0 Å². The van der Waals surface area contributed by atoms with Gasteiger partial charge >= 0.3 is 5.97 Å². The summed E-state index contributed by atoms with van der Waals surface area (Å²) >= 11 is 0.303.